The molecule has 0 bridgehead atoms. The van der Waals surface area contributed by atoms with E-state index in [1.165, 1.54) is 32.1 Å². The number of aromatic amines is 1. The first kappa shape index (κ1) is 15.6. The molecule has 0 aromatic carbocycles. The zero-order valence-corrected chi connectivity index (χ0v) is 13.1. The molecule has 1 heterocycles. The number of hydrogen-bond acceptors (Lipinski definition) is 4. The summed E-state index contributed by atoms with van der Waals surface area (Å²) in [5.41, 5.74) is 0.814. The summed E-state index contributed by atoms with van der Waals surface area (Å²) in [7, 11) is 0. The molecule has 0 unspecified atom stereocenters. The van der Waals surface area contributed by atoms with Crippen molar-refractivity contribution in [3.05, 3.63) is 27.9 Å². The Labute approximate surface area is 125 Å². The Balaban J connectivity index is 1.88. The minimum absolute atomic E-state index is 0.0347. The highest BCUT2D eigenvalue weighted by atomic mass is 32.2. The van der Waals surface area contributed by atoms with E-state index in [2.05, 4.69) is 22.2 Å². The van der Waals surface area contributed by atoms with Gasteiger partial charge >= 0.3 is 0 Å². The fourth-order valence-electron chi connectivity index (χ4n) is 2.54. The quantitative estimate of drug-likeness (QED) is 0.760. The molecule has 1 aliphatic rings. The van der Waals surface area contributed by atoms with E-state index in [-0.39, 0.29) is 5.56 Å². The molecule has 4 nitrogen and oxygen atoms in total. The van der Waals surface area contributed by atoms with E-state index >= 15 is 0 Å². The van der Waals surface area contributed by atoms with Crippen molar-refractivity contribution in [2.45, 2.75) is 63.0 Å². The number of hydrogen-bond donors (Lipinski definition) is 2. The molecule has 0 atom stereocenters. The van der Waals surface area contributed by atoms with E-state index in [1.54, 1.807) is 6.07 Å². The number of aromatic nitrogens is 2. The van der Waals surface area contributed by atoms with E-state index in [9.17, 15) is 4.79 Å². The molecule has 0 amide bonds. The second kappa shape index (κ2) is 8.47. The third kappa shape index (κ3) is 5.29. The zero-order chi connectivity index (χ0) is 14.2. The van der Waals surface area contributed by atoms with Crippen molar-refractivity contribution in [2.24, 2.45) is 0 Å². The summed E-state index contributed by atoms with van der Waals surface area (Å²) in [6.45, 7) is 3.77. The van der Waals surface area contributed by atoms with Crippen LogP contribution in [0.15, 0.2) is 10.9 Å². The maximum atomic E-state index is 11.7. The number of nitrogens with zero attached hydrogens (tertiary/aromatic N) is 1. The third-order valence-electron chi connectivity index (χ3n) is 3.58. The first-order valence-electron chi connectivity index (χ1n) is 7.69. The van der Waals surface area contributed by atoms with E-state index < -0.39 is 0 Å². The summed E-state index contributed by atoms with van der Waals surface area (Å²) in [4.78, 5) is 19.1. The van der Waals surface area contributed by atoms with Crippen molar-refractivity contribution in [3.63, 3.8) is 0 Å². The molecule has 2 N–H and O–H groups in total. The second-order valence-electron chi connectivity index (χ2n) is 5.43. The number of H-pyrrole nitrogens is 1. The highest BCUT2D eigenvalue weighted by molar-refractivity contribution is 7.99. The van der Waals surface area contributed by atoms with Gasteiger partial charge in [0.1, 0.15) is 5.82 Å². The zero-order valence-electron chi connectivity index (χ0n) is 12.3. The highest BCUT2D eigenvalue weighted by Crippen LogP contribution is 2.29. The number of rotatable bonds is 7. The molecule has 20 heavy (non-hydrogen) atoms. The molecule has 1 aromatic heterocycles. The smallest absolute Gasteiger partial charge is 0.251 e. The predicted octanol–water partition coefficient (Wildman–Crippen LogP) is 2.84. The first-order chi connectivity index (χ1) is 9.78. The standard InChI is InChI=1S/C15H25N3OS/c1-2-8-16-10-12-9-15(19)18-14(17-12)11-20-13-6-4-3-5-7-13/h9,13,16H,2-8,10-11H2,1H3,(H,17,18,19). The second-order valence-corrected chi connectivity index (χ2v) is 6.72. The Morgan fingerprint density at radius 1 is 1.40 bits per heavy atom. The van der Waals surface area contributed by atoms with E-state index in [0.717, 1.165) is 35.5 Å². The monoisotopic (exact) mass is 295 g/mol. The van der Waals surface area contributed by atoms with Crippen LogP contribution < -0.4 is 10.9 Å². The SMILES string of the molecule is CCCNCc1cc(=O)[nH]c(CSC2CCCCC2)n1. The van der Waals surface area contributed by atoms with Crippen LogP contribution in [0.3, 0.4) is 0 Å². The van der Waals surface area contributed by atoms with Gasteiger partial charge in [0, 0.05) is 17.9 Å². The summed E-state index contributed by atoms with van der Waals surface area (Å²) >= 11 is 1.94. The van der Waals surface area contributed by atoms with Gasteiger partial charge in [-0.25, -0.2) is 4.98 Å². The van der Waals surface area contributed by atoms with Crippen LogP contribution in [0.2, 0.25) is 0 Å². The summed E-state index contributed by atoms with van der Waals surface area (Å²) in [6.07, 6.45) is 7.79. The van der Waals surface area contributed by atoms with Crippen molar-refractivity contribution in [2.75, 3.05) is 6.54 Å². The fourth-order valence-corrected chi connectivity index (χ4v) is 3.74. The first-order valence-corrected chi connectivity index (χ1v) is 8.74. The van der Waals surface area contributed by atoms with Gasteiger partial charge in [0.25, 0.3) is 5.56 Å². The van der Waals surface area contributed by atoms with Gasteiger partial charge in [-0.15, -0.1) is 0 Å². The third-order valence-corrected chi connectivity index (χ3v) is 4.97. The van der Waals surface area contributed by atoms with Gasteiger partial charge in [0.05, 0.1) is 11.4 Å². The summed E-state index contributed by atoms with van der Waals surface area (Å²) in [5.74, 6) is 1.64. The van der Waals surface area contributed by atoms with Gasteiger partial charge in [-0.1, -0.05) is 26.2 Å². The number of thioether (sulfide) groups is 1. The summed E-state index contributed by atoms with van der Waals surface area (Å²) in [5, 5.41) is 4.04. The van der Waals surface area contributed by atoms with Crippen LogP contribution >= 0.6 is 11.8 Å². The van der Waals surface area contributed by atoms with Crippen LogP contribution in [0.1, 0.15) is 57.0 Å². The van der Waals surface area contributed by atoms with Gasteiger partial charge in [0.2, 0.25) is 0 Å². The van der Waals surface area contributed by atoms with Crippen LogP contribution in [0.4, 0.5) is 0 Å². The number of nitrogens with one attached hydrogen (secondary N) is 2. The molecule has 1 aliphatic carbocycles. The molecule has 1 fully saturated rings. The topological polar surface area (TPSA) is 57.8 Å². The maximum absolute atomic E-state index is 11.7. The molecular weight excluding hydrogens is 270 g/mol. The van der Waals surface area contributed by atoms with Crippen molar-refractivity contribution in [1.29, 1.82) is 0 Å². The van der Waals surface area contributed by atoms with Gasteiger partial charge in [-0.3, -0.25) is 4.79 Å². The molecule has 0 saturated heterocycles. The van der Waals surface area contributed by atoms with Crippen LogP contribution in [0.25, 0.3) is 0 Å². The maximum Gasteiger partial charge on any atom is 0.251 e. The van der Waals surface area contributed by atoms with Crippen molar-refractivity contribution >= 4 is 11.8 Å². The molecule has 0 spiro atoms. The lowest BCUT2D eigenvalue weighted by atomic mass is 10.0. The minimum Gasteiger partial charge on any atom is -0.311 e. The highest BCUT2D eigenvalue weighted by Gasteiger charge is 2.14. The predicted molar refractivity (Wildman–Crippen MR) is 85.0 cm³/mol. The van der Waals surface area contributed by atoms with Crippen LogP contribution in [-0.4, -0.2) is 21.8 Å². The molecular formula is C15H25N3OS. The van der Waals surface area contributed by atoms with Crippen LogP contribution in [-0.2, 0) is 12.3 Å². The molecule has 5 heteroatoms. The lowest BCUT2D eigenvalue weighted by molar-refractivity contribution is 0.516. The fraction of sp³-hybridized carbons (Fsp3) is 0.733. The lowest BCUT2D eigenvalue weighted by Crippen LogP contribution is -2.19. The van der Waals surface area contributed by atoms with E-state index in [1.807, 2.05) is 11.8 Å². The lowest BCUT2D eigenvalue weighted by Gasteiger charge is -2.20. The Morgan fingerprint density at radius 3 is 2.95 bits per heavy atom. The molecule has 0 radical (unpaired) electrons. The summed E-state index contributed by atoms with van der Waals surface area (Å²) < 4.78 is 0. The summed E-state index contributed by atoms with van der Waals surface area (Å²) in [6, 6.07) is 1.59. The normalized spacial score (nSPS) is 16.4. The van der Waals surface area contributed by atoms with Crippen molar-refractivity contribution in [1.82, 2.24) is 15.3 Å². The van der Waals surface area contributed by atoms with Gasteiger partial charge in [-0.05, 0) is 25.8 Å². The Hall–Kier alpha value is -0.810. The van der Waals surface area contributed by atoms with Crippen LogP contribution in [0, 0.1) is 0 Å². The average molecular weight is 295 g/mol. The largest absolute Gasteiger partial charge is 0.311 e. The molecule has 1 aromatic rings. The molecule has 112 valence electrons. The van der Waals surface area contributed by atoms with E-state index in [0.29, 0.717) is 6.54 Å². The van der Waals surface area contributed by atoms with Gasteiger partial charge in [-0.2, -0.15) is 11.8 Å². The van der Waals surface area contributed by atoms with E-state index in [4.69, 9.17) is 0 Å². The molecule has 0 aliphatic heterocycles. The Bertz CT molecular complexity index is 455. The molecule has 1 saturated carbocycles. The van der Waals surface area contributed by atoms with Crippen molar-refractivity contribution in [3.8, 4) is 0 Å². The Kier molecular flexibility index (Phi) is 6.60. The Morgan fingerprint density at radius 2 is 2.20 bits per heavy atom. The minimum atomic E-state index is -0.0347. The average Bonchev–Trinajstić information content (AvgIpc) is 2.46. The van der Waals surface area contributed by atoms with Crippen molar-refractivity contribution < 1.29 is 0 Å². The van der Waals surface area contributed by atoms with Gasteiger partial charge in [0.15, 0.2) is 0 Å². The van der Waals surface area contributed by atoms with Gasteiger partial charge < -0.3 is 10.3 Å². The van der Waals surface area contributed by atoms with Crippen LogP contribution in [0.5, 0.6) is 0 Å². The molecule has 2 rings (SSSR count).